The summed E-state index contributed by atoms with van der Waals surface area (Å²) in [5.41, 5.74) is 0.994. The van der Waals surface area contributed by atoms with E-state index < -0.39 is 10.8 Å². The van der Waals surface area contributed by atoms with Crippen LogP contribution in [0.2, 0.25) is 0 Å². The largest absolute Gasteiger partial charge is 0.504 e. The first-order valence-electron chi connectivity index (χ1n) is 14.5. The van der Waals surface area contributed by atoms with Crippen LogP contribution in [-0.4, -0.2) is 30.2 Å². The zero-order valence-electron chi connectivity index (χ0n) is 24.6. The van der Waals surface area contributed by atoms with Gasteiger partial charge in [-0.25, -0.2) is 0 Å². The molecule has 0 heterocycles. The maximum Gasteiger partial charge on any atom is 0.160 e. The first-order chi connectivity index (χ1) is 18.2. The van der Waals surface area contributed by atoms with Crippen molar-refractivity contribution >= 4 is 5.78 Å². The van der Waals surface area contributed by atoms with E-state index in [4.69, 9.17) is 9.47 Å². The number of aromatic hydroxyl groups is 2. The Morgan fingerprint density at radius 3 is 1.39 bits per heavy atom. The second-order valence-electron chi connectivity index (χ2n) is 10.9. The molecule has 2 aromatic rings. The fraction of sp³-hybridized carbons (Fsp3) is 0.606. The SMILES string of the molecule is CCCCCC(CC)(Cc1ccc(O)c(OC)c1)C(=O)C(CC)(CCCCC)Cc1ccc(O)c(OC)c1. The third kappa shape index (κ3) is 7.68. The molecule has 2 rings (SSSR count). The number of methoxy groups -OCH3 is 2. The fourth-order valence-corrected chi connectivity index (χ4v) is 5.92. The van der Waals surface area contributed by atoms with Gasteiger partial charge in [0.05, 0.1) is 14.2 Å². The standard InChI is InChI=1S/C33H50O5/c1-7-11-13-19-32(9-3,23-25-15-17-27(34)29(21-25)37-5)31(36)33(10-4,20-14-12-8-2)24-26-16-18-28(35)30(22-26)38-6/h15-18,21-22,34-35H,7-14,19-20,23-24H2,1-6H3. The van der Waals surface area contributed by atoms with Crippen molar-refractivity contribution in [3.8, 4) is 23.0 Å². The van der Waals surface area contributed by atoms with E-state index in [2.05, 4.69) is 27.7 Å². The minimum absolute atomic E-state index is 0.111. The third-order valence-corrected chi connectivity index (χ3v) is 8.41. The van der Waals surface area contributed by atoms with E-state index >= 15 is 4.79 Å². The van der Waals surface area contributed by atoms with Gasteiger partial charge in [-0.15, -0.1) is 0 Å². The summed E-state index contributed by atoms with van der Waals surface area (Å²) >= 11 is 0. The van der Waals surface area contributed by atoms with E-state index in [1.165, 1.54) is 0 Å². The van der Waals surface area contributed by atoms with Crippen molar-refractivity contribution in [1.29, 1.82) is 0 Å². The highest BCUT2D eigenvalue weighted by Crippen LogP contribution is 2.47. The van der Waals surface area contributed by atoms with Crippen molar-refractivity contribution in [2.24, 2.45) is 10.8 Å². The maximum atomic E-state index is 15.0. The molecule has 0 aliphatic rings. The van der Waals surface area contributed by atoms with Crippen LogP contribution in [0.4, 0.5) is 0 Å². The van der Waals surface area contributed by atoms with E-state index in [0.29, 0.717) is 30.1 Å². The summed E-state index contributed by atoms with van der Waals surface area (Å²) in [7, 11) is 3.11. The third-order valence-electron chi connectivity index (χ3n) is 8.41. The lowest BCUT2D eigenvalue weighted by Crippen LogP contribution is -2.46. The van der Waals surface area contributed by atoms with E-state index in [1.807, 2.05) is 24.3 Å². The number of phenolic OH excluding ortho intramolecular Hbond substituents is 2. The van der Waals surface area contributed by atoms with Crippen molar-refractivity contribution < 1.29 is 24.5 Å². The molecule has 0 saturated heterocycles. The van der Waals surface area contributed by atoms with Crippen molar-refractivity contribution in [2.45, 2.75) is 105 Å². The number of ether oxygens (including phenoxy) is 2. The highest BCUT2D eigenvalue weighted by atomic mass is 16.5. The van der Waals surface area contributed by atoms with Crippen LogP contribution in [0.5, 0.6) is 23.0 Å². The molecule has 0 aromatic heterocycles. The molecule has 2 atom stereocenters. The summed E-state index contributed by atoms with van der Waals surface area (Å²) in [5, 5.41) is 20.3. The van der Waals surface area contributed by atoms with Gasteiger partial charge in [0, 0.05) is 10.8 Å². The van der Waals surface area contributed by atoms with Crippen LogP contribution in [0.25, 0.3) is 0 Å². The number of unbranched alkanes of at least 4 members (excludes halogenated alkanes) is 4. The van der Waals surface area contributed by atoms with Crippen molar-refractivity contribution in [3.63, 3.8) is 0 Å². The van der Waals surface area contributed by atoms with Crippen LogP contribution in [0.1, 0.15) is 103 Å². The molecule has 212 valence electrons. The molecule has 2 N–H and O–H groups in total. The van der Waals surface area contributed by atoms with Gasteiger partial charge in [-0.2, -0.15) is 0 Å². The molecule has 2 aromatic carbocycles. The number of carbonyl (C=O) groups excluding carboxylic acids is 1. The number of Topliss-reactive ketones (excluding diaryl/α,β-unsaturated/α-hetero) is 1. The van der Waals surface area contributed by atoms with E-state index in [0.717, 1.165) is 75.3 Å². The Bertz CT molecular complexity index is 937. The van der Waals surface area contributed by atoms with Gasteiger partial charge < -0.3 is 19.7 Å². The molecule has 0 saturated carbocycles. The van der Waals surface area contributed by atoms with E-state index in [1.54, 1.807) is 26.4 Å². The Balaban J connectivity index is 2.59. The van der Waals surface area contributed by atoms with E-state index in [9.17, 15) is 10.2 Å². The molecular formula is C33H50O5. The summed E-state index contributed by atoms with van der Waals surface area (Å²) in [6.07, 6.45) is 10.8. The molecule has 0 amide bonds. The molecule has 0 aliphatic carbocycles. The van der Waals surface area contributed by atoms with Crippen LogP contribution in [-0.2, 0) is 17.6 Å². The minimum atomic E-state index is -0.514. The van der Waals surface area contributed by atoms with Crippen LogP contribution in [0.15, 0.2) is 36.4 Å². The Kier molecular flexibility index (Phi) is 12.5. The second kappa shape index (κ2) is 15.0. The molecular weight excluding hydrogens is 476 g/mol. The van der Waals surface area contributed by atoms with Crippen LogP contribution in [0, 0.1) is 10.8 Å². The number of phenols is 2. The first-order valence-corrected chi connectivity index (χ1v) is 14.5. The summed E-state index contributed by atoms with van der Waals surface area (Å²) < 4.78 is 10.8. The number of benzene rings is 2. The lowest BCUT2D eigenvalue weighted by Gasteiger charge is -2.42. The Hall–Kier alpha value is -2.69. The number of carbonyl (C=O) groups is 1. The van der Waals surface area contributed by atoms with Gasteiger partial charge >= 0.3 is 0 Å². The monoisotopic (exact) mass is 526 g/mol. The summed E-state index contributed by atoms with van der Waals surface area (Å²) in [6.45, 7) is 8.69. The number of rotatable bonds is 18. The highest BCUT2D eigenvalue weighted by molar-refractivity contribution is 5.91. The smallest absolute Gasteiger partial charge is 0.160 e. The average Bonchev–Trinajstić information content (AvgIpc) is 2.93. The van der Waals surface area contributed by atoms with Crippen molar-refractivity contribution in [1.82, 2.24) is 0 Å². The number of ketones is 1. The van der Waals surface area contributed by atoms with E-state index in [-0.39, 0.29) is 11.5 Å². The zero-order chi connectivity index (χ0) is 28.2. The molecule has 0 bridgehead atoms. The topological polar surface area (TPSA) is 76.0 Å². The predicted octanol–water partition coefficient (Wildman–Crippen LogP) is 8.42. The Morgan fingerprint density at radius 2 is 1.08 bits per heavy atom. The summed E-state index contributed by atoms with van der Waals surface area (Å²) in [6, 6.07) is 10.9. The Labute approximate surface area is 230 Å². The molecule has 5 heteroatoms. The fourth-order valence-electron chi connectivity index (χ4n) is 5.92. The predicted molar refractivity (Wildman–Crippen MR) is 155 cm³/mol. The van der Waals surface area contributed by atoms with Gasteiger partial charge in [-0.05, 0) is 73.9 Å². The molecule has 38 heavy (non-hydrogen) atoms. The average molecular weight is 527 g/mol. The van der Waals surface area contributed by atoms with Gasteiger partial charge in [0.15, 0.2) is 23.0 Å². The van der Waals surface area contributed by atoms with Crippen LogP contribution >= 0.6 is 0 Å². The first kappa shape index (κ1) is 31.5. The van der Waals surface area contributed by atoms with Crippen LogP contribution < -0.4 is 9.47 Å². The Morgan fingerprint density at radius 1 is 0.684 bits per heavy atom. The molecule has 0 spiro atoms. The maximum absolute atomic E-state index is 15.0. The number of hydrogen-bond acceptors (Lipinski definition) is 5. The molecule has 0 radical (unpaired) electrons. The molecule has 5 nitrogen and oxygen atoms in total. The van der Waals surface area contributed by atoms with Gasteiger partial charge in [-0.3, -0.25) is 4.79 Å². The van der Waals surface area contributed by atoms with Gasteiger partial charge in [0.25, 0.3) is 0 Å². The molecule has 0 aliphatic heterocycles. The highest BCUT2D eigenvalue weighted by Gasteiger charge is 2.47. The van der Waals surface area contributed by atoms with Crippen molar-refractivity contribution in [3.05, 3.63) is 47.5 Å². The van der Waals surface area contributed by atoms with Gasteiger partial charge in [0.1, 0.15) is 5.78 Å². The minimum Gasteiger partial charge on any atom is -0.504 e. The lowest BCUT2D eigenvalue weighted by atomic mass is 9.59. The van der Waals surface area contributed by atoms with Gasteiger partial charge in [0.2, 0.25) is 0 Å². The lowest BCUT2D eigenvalue weighted by molar-refractivity contribution is -0.141. The quantitative estimate of drug-likeness (QED) is 0.191. The normalized spacial score (nSPS) is 14.5. The second-order valence-corrected chi connectivity index (χ2v) is 10.9. The molecule has 0 fully saturated rings. The summed E-state index contributed by atoms with van der Waals surface area (Å²) in [5.74, 6) is 1.45. The zero-order valence-corrected chi connectivity index (χ0v) is 24.6. The number of hydrogen-bond donors (Lipinski definition) is 2. The van der Waals surface area contributed by atoms with Crippen LogP contribution in [0.3, 0.4) is 0 Å². The van der Waals surface area contributed by atoms with Crippen molar-refractivity contribution in [2.75, 3.05) is 14.2 Å². The van der Waals surface area contributed by atoms with Gasteiger partial charge in [-0.1, -0.05) is 78.4 Å². The molecule has 2 unspecified atom stereocenters. The summed E-state index contributed by atoms with van der Waals surface area (Å²) in [4.78, 5) is 15.0.